The second-order valence-corrected chi connectivity index (χ2v) is 4.39. The summed E-state index contributed by atoms with van der Waals surface area (Å²) in [6.07, 6.45) is 1.07. The number of hydrogen-bond donors (Lipinski definition) is 0. The molecule has 0 N–H and O–H groups in total. The van der Waals surface area contributed by atoms with Crippen LogP contribution in [-0.2, 0) is 0 Å². The van der Waals surface area contributed by atoms with Crippen LogP contribution in [0.3, 0.4) is 0 Å². The number of pyridine rings is 1. The van der Waals surface area contributed by atoms with Crippen molar-refractivity contribution in [1.29, 1.82) is 5.26 Å². The van der Waals surface area contributed by atoms with Gasteiger partial charge in [0.1, 0.15) is 6.07 Å². The maximum Gasteiger partial charge on any atom is 0.344 e. The summed E-state index contributed by atoms with van der Waals surface area (Å²) in [7, 11) is 0. The SMILES string of the molecule is CCOc1c([N+](=O)[O-])cc2c(Cl)c(C#N)cnc2c1[N+](=O)[O-]. The van der Waals surface area contributed by atoms with Crippen molar-refractivity contribution in [3.8, 4) is 11.8 Å². The third-order valence-corrected chi connectivity index (χ3v) is 3.20. The molecular formula is C12H7ClN4O5. The molecule has 0 radical (unpaired) electrons. The Labute approximate surface area is 128 Å². The lowest BCUT2D eigenvalue weighted by molar-refractivity contribution is -0.394. The lowest BCUT2D eigenvalue weighted by Crippen LogP contribution is -2.04. The van der Waals surface area contributed by atoms with E-state index in [0.29, 0.717) is 0 Å². The fourth-order valence-electron chi connectivity index (χ4n) is 1.93. The first kappa shape index (κ1) is 15.4. The van der Waals surface area contributed by atoms with E-state index in [-0.39, 0.29) is 28.1 Å². The Morgan fingerprint density at radius 1 is 1.41 bits per heavy atom. The van der Waals surface area contributed by atoms with Crippen molar-refractivity contribution in [2.75, 3.05) is 6.61 Å². The molecule has 0 amide bonds. The zero-order chi connectivity index (χ0) is 16.4. The normalized spacial score (nSPS) is 10.2. The molecule has 0 aliphatic heterocycles. The minimum absolute atomic E-state index is 0.00278. The molecule has 10 heteroatoms. The number of benzene rings is 1. The van der Waals surface area contributed by atoms with Crippen LogP contribution in [0.5, 0.6) is 5.75 Å². The van der Waals surface area contributed by atoms with Gasteiger partial charge in [-0.3, -0.25) is 20.2 Å². The number of nitro groups is 2. The summed E-state index contributed by atoms with van der Waals surface area (Å²) in [6, 6.07) is 2.78. The van der Waals surface area contributed by atoms with Gasteiger partial charge in [0.25, 0.3) is 5.75 Å². The molecule has 2 rings (SSSR count). The zero-order valence-electron chi connectivity index (χ0n) is 11.1. The number of nitro benzene ring substituents is 2. The molecule has 0 spiro atoms. The number of hydrogen-bond acceptors (Lipinski definition) is 7. The van der Waals surface area contributed by atoms with E-state index in [1.807, 2.05) is 0 Å². The van der Waals surface area contributed by atoms with E-state index in [0.717, 1.165) is 12.3 Å². The summed E-state index contributed by atoms with van der Waals surface area (Å²) in [6.45, 7) is 1.54. The molecule has 0 saturated carbocycles. The van der Waals surface area contributed by atoms with Crippen molar-refractivity contribution in [2.24, 2.45) is 0 Å². The molecule has 1 aromatic carbocycles. The number of rotatable bonds is 4. The maximum absolute atomic E-state index is 11.3. The summed E-state index contributed by atoms with van der Waals surface area (Å²) in [5, 5.41) is 31.2. The van der Waals surface area contributed by atoms with Crippen molar-refractivity contribution >= 4 is 33.9 Å². The lowest BCUT2D eigenvalue weighted by Gasteiger charge is -2.08. The van der Waals surface area contributed by atoms with Crippen molar-refractivity contribution < 1.29 is 14.6 Å². The minimum Gasteiger partial charge on any atom is -0.482 e. The number of halogens is 1. The van der Waals surface area contributed by atoms with E-state index in [2.05, 4.69) is 4.98 Å². The number of nitriles is 1. The Kier molecular flexibility index (Phi) is 4.05. The van der Waals surface area contributed by atoms with Gasteiger partial charge in [-0.25, -0.2) is 4.98 Å². The van der Waals surface area contributed by atoms with Gasteiger partial charge < -0.3 is 4.74 Å². The number of ether oxygens (including phenoxy) is 1. The fourth-order valence-corrected chi connectivity index (χ4v) is 2.16. The van der Waals surface area contributed by atoms with Crippen molar-refractivity contribution in [2.45, 2.75) is 6.92 Å². The highest BCUT2D eigenvalue weighted by molar-refractivity contribution is 6.36. The fraction of sp³-hybridized carbons (Fsp3) is 0.167. The van der Waals surface area contributed by atoms with Crippen LogP contribution in [0.15, 0.2) is 12.3 Å². The van der Waals surface area contributed by atoms with Crippen LogP contribution in [0, 0.1) is 31.6 Å². The summed E-state index contributed by atoms with van der Waals surface area (Å²) >= 11 is 5.98. The molecule has 0 saturated heterocycles. The molecule has 1 heterocycles. The third kappa shape index (κ3) is 2.36. The molecule has 0 unspecified atom stereocenters. The maximum atomic E-state index is 11.3. The van der Waals surface area contributed by atoms with Gasteiger partial charge in [0.15, 0.2) is 5.52 Å². The predicted octanol–water partition coefficient (Wildman–Crippen LogP) is 2.97. The molecule has 112 valence electrons. The molecule has 1 aromatic heterocycles. The van der Waals surface area contributed by atoms with Gasteiger partial charge in [-0.2, -0.15) is 5.26 Å². The average molecular weight is 323 g/mol. The van der Waals surface area contributed by atoms with Gasteiger partial charge in [0.2, 0.25) is 0 Å². The summed E-state index contributed by atoms with van der Waals surface area (Å²) in [4.78, 5) is 24.7. The van der Waals surface area contributed by atoms with E-state index in [1.165, 1.54) is 6.92 Å². The van der Waals surface area contributed by atoms with Gasteiger partial charge in [0, 0.05) is 17.6 Å². The summed E-state index contributed by atoms with van der Waals surface area (Å²) in [5.74, 6) is -0.488. The molecule has 0 aliphatic carbocycles. The van der Waals surface area contributed by atoms with Gasteiger partial charge in [-0.1, -0.05) is 11.6 Å². The van der Waals surface area contributed by atoms with E-state index < -0.39 is 27.0 Å². The summed E-state index contributed by atoms with van der Waals surface area (Å²) < 4.78 is 5.06. The first-order valence-corrected chi connectivity index (χ1v) is 6.27. The van der Waals surface area contributed by atoms with Crippen LogP contribution < -0.4 is 4.74 Å². The van der Waals surface area contributed by atoms with E-state index in [9.17, 15) is 20.2 Å². The van der Waals surface area contributed by atoms with Crippen LogP contribution in [-0.4, -0.2) is 21.4 Å². The molecule has 2 aromatic rings. The Bertz CT molecular complexity index is 846. The van der Waals surface area contributed by atoms with Crippen LogP contribution in [0.4, 0.5) is 11.4 Å². The molecule has 0 bridgehead atoms. The van der Waals surface area contributed by atoms with Crippen LogP contribution in [0.25, 0.3) is 10.9 Å². The predicted molar refractivity (Wildman–Crippen MR) is 75.9 cm³/mol. The highest BCUT2D eigenvalue weighted by atomic mass is 35.5. The minimum atomic E-state index is -0.824. The van der Waals surface area contributed by atoms with E-state index in [1.54, 1.807) is 6.07 Å². The smallest absolute Gasteiger partial charge is 0.344 e. The number of aromatic nitrogens is 1. The Balaban J connectivity index is 3.03. The van der Waals surface area contributed by atoms with Gasteiger partial charge in [-0.15, -0.1) is 0 Å². The van der Waals surface area contributed by atoms with E-state index in [4.69, 9.17) is 21.6 Å². The van der Waals surface area contributed by atoms with Gasteiger partial charge in [-0.05, 0) is 6.92 Å². The number of nitrogens with zero attached hydrogens (tertiary/aromatic N) is 4. The number of fused-ring (bicyclic) bond motifs is 1. The first-order chi connectivity index (χ1) is 10.4. The quantitative estimate of drug-likeness (QED) is 0.624. The topological polar surface area (TPSA) is 132 Å². The molecule has 22 heavy (non-hydrogen) atoms. The third-order valence-electron chi connectivity index (χ3n) is 2.79. The van der Waals surface area contributed by atoms with Crippen LogP contribution in [0.1, 0.15) is 12.5 Å². The van der Waals surface area contributed by atoms with Crippen LogP contribution in [0.2, 0.25) is 5.02 Å². The monoisotopic (exact) mass is 322 g/mol. The average Bonchev–Trinajstić information content (AvgIpc) is 2.46. The highest BCUT2D eigenvalue weighted by Gasteiger charge is 2.32. The lowest BCUT2D eigenvalue weighted by atomic mass is 10.1. The van der Waals surface area contributed by atoms with Crippen molar-refractivity contribution in [3.05, 3.63) is 43.1 Å². The van der Waals surface area contributed by atoms with E-state index >= 15 is 0 Å². The molecule has 0 fully saturated rings. The van der Waals surface area contributed by atoms with Crippen molar-refractivity contribution in [1.82, 2.24) is 4.98 Å². The zero-order valence-corrected chi connectivity index (χ0v) is 11.8. The standard InChI is InChI=1S/C12H7ClN4O5/c1-2-22-12-8(16(18)19)3-7-9(13)6(4-14)5-15-10(7)11(12)17(20)21/h3,5H,2H2,1H3. The first-order valence-electron chi connectivity index (χ1n) is 5.89. The van der Waals surface area contributed by atoms with Gasteiger partial charge >= 0.3 is 11.4 Å². The highest BCUT2D eigenvalue weighted by Crippen LogP contribution is 2.44. The second-order valence-electron chi connectivity index (χ2n) is 4.01. The largest absolute Gasteiger partial charge is 0.482 e. The molecule has 0 atom stereocenters. The molecule has 0 aliphatic rings. The van der Waals surface area contributed by atoms with Crippen molar-refractivity contribution in [3.63, 3.8) is 0 Å². The van der Waals surface area contributed by atoms with Crippen LogP contribution >= 0.6 is 11.6 Å². The summed E-state index contributed by atoms with van der Waals surface area (Å²) in [5.41, 5.74) is -1.48. The second kappa shape index (κ2) is 5.79. The Morgan fingerprint density at radius 3 is 2.59 bits per heavy atom. The molecular weight excluding hydrogens is 316 g/mol. The molecule has 9 nitrogen and oxygen atoms in total. The Morgan fingerprint density at radius 2 is 2.09 bits per heavy atom. The Hall–Kier alpha value is -2.99. The van der Waals surface area contributed by atoms with Gasteiger partial charge in [0.05, 0.1) is 27.0 Å².